The Morgan fingerprint density at radius 2 is 1.88 bits per heavy atom. The summed E-state index contributed by atoms with van der Waals surface area (Å²) in [7, 11) is 0. The van der Waals surface area contributed by atoms with Crippen molar-refractivity contribution in [1.82, 2.24) is 4.90 Å². The van der Waals surface area contributed by atoms with Crippen molar-refractivity contribution in [3.8, 4) is 0 Å². The highest BCUT2D eigenvalue weighted by atomic mass is 32.2. The highest BCUT2D eigenvalue weighted by molar-refractivity contribution is 7.99. The van der Waals surface area contributed by atoms with E-state index in [-0.39, 0.29) is 0 Å². The Morgan fingerprint density at radius 1 is 1.19 bits per heavy atom. The number of nitrogens with two attached hydrogens (primary N) is 1. The average Bonchev–Trinajstić information content (AvgIpc) is 2.33. The molecule has 1 aliphatic heterocycles. The summed E-state index contributed by atoms with van der Waals surface area (Å²) in [6.07, 6.45) is 2.33. The number of likely N-dealkylation sites (tertiary alicyclic amines) is 1. The molecule has 0 aliphatic carbocycles. The van der Waals surface area contributed by atoms with Crippen molar-refractivity contribution < 1.29 is 0 Å². The highest BCUT2D eigenvalue weighted by Crippen LogP contribution is 2.17. The minimum Gasteiger partial charge on any atom is -0.328 e. The lowest BCUT2D eigenvalue weighted by Crippen LogP contribution is -2.40. The zero-order valence-corrected chi connectivity index (χ0v) is 10.5. The number of thioether (sulfide) groups is 1. The molecule has 1 fully saturated rings. The summed E-state index contributed by atoms with van der Waals surface area (Å²) in [6.45, 7) is 3.54. The van der Waals surface area contributed by atoms with E-state index in [1.807, 2.05) is 11.8 Å². The van der Waals surface area contributed by atoms with E-state index in [9.17, 15) is 0 Å². The van der Waals surface area contributed by atoms with Crippen LogP contribution in [0.25, 0.3) is 0 Å². The summed E-state index contributed by atoms with van der Waals surface area (Å²) < 4.78 is 0. The molecule has 0 unspecified atom stereocenters. The van der Waals surface area contributed by atoms with Gasteiger partial charge in [0.05, 0.1) is 0 Å². The van der Waals surface area contributed by atoms with Gasteiger partial charge in [-0.1, -0.05) is 18.2 Å². The lowest BCUT2D eigenvalue weighted by Gasteiger charge is -2.29. The number of nitrogens with zero attached hydrogens (tertiary/aromatic N) is 1. The van der Waals surface area contributed by atoms with E-state index in [0.29, 0.717) is 6.04 Å². The molecule has 88 valence electrons. The Hall–Kier alpha value is -0.510. The Labute approximate surface area is 102 Å². The maximum Gasteiger partial charge on any atom is 0.0108 e. The number of hydrogen-bond acceptors (Lipinski definition) is 3. The van der Waals surface area contributed by atoms with Crippen LogP contribution >= 0.6 is 11.8 Å². The van der Waals surface area contributed by atoms with Gasteiger partial charge in [0.25, 0.3) is 0 Å². The fourth-order valence-corrected chi connectivity index (χ4v) is 2.92. The normalized spacial score (nSPS) is 18.8. The third-order valence-corrected chi connectivity index (χ3v) is 4.04. The maximum absolute atomic E-state index is 5.88. The first kappa shape index (κ1) is 12.0. The van der Waals surface area contributed by atoms with Crippen LogP contribution in [0.2, 0.25) is 0 Å². The molecule has 0 saturated carbocycles. The Kier molecular flexibility index (Phi) is 4.69. The van der Waals surface area contributed by atoms with Gasteiger partial charge in [0.15, 0.2) is 0 Å². The first-order valence-corrected chi connectivity index (χ1v) is 6.99. The third-order valence-electron chi connectivity index (χ3n) is 3.05. The summed E-state index contributed by atoms with van der Waals surface area (Å²) in [5.74, 6) is 1.18. The maximum atomic E-state index is 5.88. The van der Waals surface area contributed by atoms with Crippen molar-refractivity contribution >= 4 is 11.8 Å². The zero-order chi connectivity index (χ0) is 11.2. The van der Waals surface area contributed by atoms with Crippen LogP contribution in [-0.4, -0.2) is 36.3 Å². The Bertz CT molecular complexity index is 294. The van der Waals surface area contributed by atoms with E-state index in [4.69, 9.17) is 5.73 Å². The van der Waals surface area contributed by atoms with Gasteiger partial charge < -0.3 is 10.6 Å². The van der Waals surface area contributed by atoms with Crippen molar-refractivity contribution in [3.63, 3.8) is 0 Å². The van der Waals surface area contributed by atoms with Crippen LogP contribution in [0, 0.1) is 0 Å². The minimum atomic E-state index is 0.443. The van der Waals surface area contributed by atoms with Crippen molar-refractivity contribution in [2.24, 2.45) is 5.73 Å². The number of benzene rings is 1. The van der Waals surface area contributed by atoms with E-state index in [1.54, 1.807) is 0 Å². The average molecular weight is 236 g/mol. The number of piperidine rings is 1. The molecule has 0 spiro atoms. The molecule has 1 heterocycles. The van der Waals surface area contributed by atoms with Gasteiger partial charge in [-0.2, -0.15) is 0 Å². The number of rotatable bonds is 4. The van der Waals surface area contributed by atoms with Crippen LogP contribution in [0.4, 0.5) is 0 Å². The van der Waals surface area contributed by atoms with Crippen molar-refractivity contribution in [2.45, 2.75) is 23.8 Å². The summed E-state index contributed by atoms with van der Waals surface area (Å²) in [6, 6.07) is 11.1. The van der Waals surface area contributed by atoms with Gasteiger partial charge in [-0.25, -0.2) is 0 Å². The predicted molar refractivity (Wildman–Crippen MR) is 70.8 cm³/mol. The first-order valence-electron chi connectivity index (χ1n) is 6.00. The summed E-state index contributed by atoms with van der Waals surface area (Å²) >= 11 is 1.94. The molecule has 3 heteroatoms. The molecular formula is C13H20N2S. The van der Waals surface area contributed by atoms with Gasteiger partial charge in [-0.15, -0.1) is 11.8 Å². The van der Waals surface area contributed by atoms with Crippen LogP contribution in [0.3, 0.4) is 0 Å². The second-order valence-electron chi connectivity index (χ2n) is 4.34. The van der Waals surface area contributed by atoms with Gasteiger partial charge in [-0.3, -0.25) is 0 Å². The molecule has 0 bridgehead atoms. The lowest BCUT2D eigenvalue weighted by atomic mass is 10.1. The molecule has 2 rings (SSSR count). The summed E-state index contributed by atoms with van der Waals surface area (Å²) in [5, 5.41) is 0. The van der Waals surface area contributed by atoms with Crippen LogP contribution < -0.4 is 5.73 Å². The molecule has 1 aromatic rings. The second kappa shape index (κ2) is 6.28. The molecule has 1 aromatic carbocycles. The Balaban J connectivity index is 1.65. The standard InChI is InChI=1S/C13H20N2S/c14-12-6-8-15(9-7-12)10-11-16-13-4-2-1-3-5-13/h1-5,12H,6-11,14H2. The molecule has 2 N–H and O–H groups in total. The van der Waals surface area contributed by atoms with E-state index in [2.05, 4.69) is 35.2 Å². The smallest absolute Gasteiger partial charge is 0.0108 e. The lowest BCUT2D eigenvalue weighted by molar-refractivity contribution is 0.225. The van der Waals surface area contributed by atoms with Crippen LogP contribution in [-0.2, 0) is 0 Å². The minimum absolute atomic E-state index is 0.443. The van der Waals surface area contributed by atoms with Crippen LogP contribution in [0.15, 0.2) is 35.2 Å². The van der Waals surface area contributed by atoms with E-state index in [1.165, 1.54) is 30.3 Å². The van der Waals surface area contributed by atoms with Gasteiger partial charge in [-0.05, 0) is 38.1 Å². The quantitative estimate of drug-likeness (QED) is 0.813. The van der Waals surface area contributed by atoms with Gasteiger partial charge >= 0.3 is 0 Å². The molecule has 16 heavy (non-hydrogen) atoms. The largest absolute Gasteiger partial charge is 0.328 e. The molecule has 1 aliphatic rings. The molecule has 0 atom stereocenters. The first-order chi connectivity index (χ1) is 7.84. The van der Waals surface area contributed by atoms with Gasteiger partial charge in [0.1, 0.15) is 0 Å². The Morgan fingerprint density at radius 3 is 2.56 bits per heavy atom. The predicted octanol–water partition coefficient (Wildman–Crippen LogP) is 2.20. The summed E-state index contributed by atoms with van der Waals surface area (Å²) in [5.41, 5.74) is 5.88. The molecule has 0 radical (unpaired) electrons. The zero-order valence-electron chi connectivity index (χ0n) is 9.64. The monoisotopic (exact) mass is 236 g/mol. The van der Waals surface area contributed by atoms with E-state index >= 15 is 0 Å². The SMILES string of the molecule is NC1CCN(CCSc2ccccc2)CC1. The molecule has 2 nitrogen and oxygen atoms in total. The highest BCUT2D eigenvalue weighted by Gasteiger charge is 2.14. The number of hydrogen-bond donors (Lipinski definition) is 1. The van der Waals surface area contributed by atoms with Crippen LogP contribution in [0.5, 0.6) is 0 Å². The second-order valence-corrected chi connectivity index (χ2v) is 5.51. The fraction of sp³-hybridized carbons (Fsp3) is 0.538. The van der Waals surface area contributed by atoms with Crippen molar-refractivity contribution in [1.29, 1.82) is 0 Å². The third kappa shape index (κ3) is 3.81. The molecular weight excluding hydrogens is 216 g/mol. The molecule has 0 amide bonds. The molecule has 0 aromatic heterocycles. The molecule has 1 saturated heterocycles. The van der Waals surface area contributed by atoms with Gasteiger partial charge in [0.2, 0.25) is 0 Å². The summed E-state index contributed by atoms with van der Waals surface area (Å²) in [4.78, 5) is 3.90. The van der Waals surface area contributed by atoms with Crippen molar-refractivity contribution in [3.05, 3.63) is 30.3 Å². The van der Waals surface area contributed by atoms with Gasteiger partial charge in [0, 0.05) is 23.2 Å². The van der Waals surface area contributed by atoms with E-state index < -0.39 is 0 Å². The topological polar surface area (TPSA) is 29.3 Å². The fourth-order valence-electron chi connectivity index (χ4n) is 1.99. The van der Waals surface area contributed by atoms with Crippen molar-refractivity contribution in [2.75, 3.05) is 25.4 Å². The van der Waals surface area contributed by atoms with E-state index in [0.717, 1.165) is 12.8 Å². The van der Waals surface area contributed by atoms with Crippen LogP contribution in [0.1, 0.15) is 12.8 Å².